The van der Waals surface area contributed by atoms with Gasteiger partial charge in [-0.15, -0.1) is 0 Å². The van der Waals surface area contributed by atoms with E-state index in [2.05, 4.69) is 17.5 Å². The number of benzene rings is 2. The molecule has 22 heavy (non-hydrogen) atoms. The predicted octanol–water partition coefficient (Wildman–Crippen LogP) is 2.96. The van der Waals surface area contributed by atoms with E-state index in [0.29, 0.717) is 5.56 Å². The Morgan fingerprint density at radius 3 is 2.55 bits per heavy atom. The van der Waals surface area contributed by atoms with Gasteiger partial charge in [0, 0.05) is 5.56 Å². The van der Waals surface area contributed by atoms with Gasteiger partial charge in [0.15, 0.2) is 0 Å². The summed E-state index contributed by atoms with van der Waals surface area (Å²) in [4.78, 5) is 11.8. The van der Waals surface area contributed by atoms with Crippen LogP contribution in [0.1, 0.15) is 29.2 Å². The summed E-state index contributed by atoms with van der Waals surface area (Å²) in [5, 5.41) is 13.6. The van der Waals surface area contributed by atoms with Gasteiger partial charge in [0.05, 0.1) is 12.6 Å². The van der Waals surface area contributed by atoms with Crippen LogP contribution in [0.3, 0.4) is 0 Å². The number of carbonyl (C=O) groups excluding carboxylic acids is 1. The van der Waals surface area contributed by atoms with Gasteiger partial charge < -0.3 is 5.11 Å². The molecule has 0 aliphatic heterocycles. The van der Waals surface area contributed by atoms with Crippen LogP contribution in [0.15, 0.2) is 47.6 Å². The number of aryl methyl sites for hydroxylation is 2. The minimum atomic E-state index is -0.187. The van der Waals surface area contributed by atoms with E-state index in [1.165, 1.54) is 11.8 Å². The van der Waals surface area contributed by atoms with Crippen LogP contribution in [0.2, 0.25) is 0 Å². The normalized spacial score (nSPS) is 10.8. The quantitative estimate of drug-likeness (QED) is 0.658. The summed E-state index contributed by atoms with van der Waals surface area (Å²) in [6, 6.07) is 13.2. The molecule has 0 fully saturated rings. The number of phenolic OH excluding ortho intramolecular Hbond substituents is 1. The standard InChI is InChI=1S/C18H20N2O2/c1-3-14-5-7-15(8-6-14)11-18(22)20-19-12-16-10-13(2)4-9-17(16)21/h4-10,12,21H,3,11H2,1-2H3,(H,20,22)/b19-12+. The number of nitrogens with zero attached hydrogens (tertiary/aromatic N) is 1. The van der Waals surface area contributed by atoms with Gasteiger partial charge in [-0.1, -0.05) is 42.8 Å². The van der Waals surface area contributed by atoms with Crippen molar-refractivity contribution in [3.05, 3.63) is 64.7 Å². The molecule has 0 unspecified atom stereocenters. The predicted molar refractivity (Wildman–Crippen MR) is 88.1 cm³/mol. The zero-order valence-electron chi connectivity index (χ0n) is 12.8. The summed E-state index contributed by atoms with van der Waals surface area (Å²) in [5.74, 6) is -0.0496. The molecule has 0 aliphatic rings. The van der Waals surface area contributed by atoms with Gasteiger partial charge in [0.2, 0.25) is 5.91 Å². The van der Waals surface area contributed by atoms with Gasteiger partial charge in [-0.25, -0.2) is 5.43 Å². The SMILES string of the molecule is CCc1ccc(CC(=O)N/N=C/c2cc(C)ccc2O)cc1. The van der Waals surface area contributed by atoms with E-state index in [4.69, 9.17) is 0 Å². The number of carbonyl (C=O) groups is 1. The molecular weight excluding hydrogens is 276 g/mol. The van der Waals surface area contributed by atoms with Gasteiger partial charge in [0.25, 0.3) is 0 Å². The molecule has 1 amide bonds. The third-order valence-electron chi connectivity index (χ3n) is 3.37. The van der Waals surface area contributed by atoms with Crippen molar-refractivity contribution in [3.8, 4) is 5.75 Å². The molecule has 4 heteroatoms. The van der Waals surface area contributed by atoms with Gasteiger partial charge >= 0.3 is 0 Å². The molecule has 114 valence electrons. The molecule has 0 heterocycles. The summed E-state index contributed by atoms with van der Waals surface area (Å²) in [7, 11) is 0. The number of rotatable bonds is 5. The van der Waals surface area contributed by atoms with Crippen molar-refractivity contribution < 1.29 is 9.90 Å². The molecule has 0 aliphatic carbocycles. The fourth-order valence-corrected chi connectivity index (χ4v) is 2.07. The van der Waals surface area contributed by atoms with Crippen molar-refractivity contribution in [1.82, 2.24) is 5.43 Å². The average molecular weight is 296 g/mol. The molecule has 2 aromatic rings. The molecule has 0 saturated carbocycles. The fourth-order valence-electron chi connectivity index (χ4n) is 2.07. The summed E-state index contributed by atoms with van der Waals surface area (Å²) >= 11 is 0. The van der Waals surface area contributed by atoms with Crippen LogP contribution in [0, 0.1) is 6.92 Å². The van der Waals surface area contributed by atoms with Crippen molar-refractivity contribution in [2.75, 3.05) is 0 Å². The van der Waals surface area contributed by atoms with Gasteiger partial charge in [-0.2, -0.15) is 5.10 Å². The lowest BCUT2D eigenvalue weighted by molar-refractivity contribution is -0.120. The van der Waals surface area contributed by atoms with Crippen LogP contribution in [-0.4, -0.2) is 17.2 Å². The Morgan fingerprint density at radius 1 is 1.18 bits per heavy atom. The minimum absolute atomic E-state index is 0.138. The smallest absolute Gasteiger partial charge is 0.244 e. The number of hydrogen-bond donors (Lipinski definition) is 2. The minimum Gasteiger partial charge on any atom is -0.507 e. The maximum atomic E-state index is 11.8. The van der Waals surface area contributed by atoms with E-state index < -0.39 is 0 Å². The highest BCUT2D eigenvalue weighted by atomic mass is 16.3. The Kier molecular flexibility index (Phi) is 5.31. The largest absolute Gasteiger partial charge is 0.507 e. The van der Waals surface area contributed by atoms with E-state index in [9.17, 15) is 9.90 Å². The topological polar surface area (TPSA) is 61.7 Å². The number of amides is 1. The molecule has 0 atom stereocenters. The van der Waals surface area contributed by atoms with Crippen molar-refractivity contribution in [2.45, 2.75) is 26.7 Å². The summed E-state index contributed by atoms with van der Waals surface area (Å²) in [5.41, 5.74) is 6.26. The van der Waals surface area contributed by atoms with Gasteiger partial charge in [-0.05, 0) is 36.6 Å². The third-order valence-corrected chi connectivity index (χ3v) is 3.37. The third kappa shape index (κ3) is 4.45. The van der Waals surface area contributed by atoms with Crippen LogP contribution < -0.4 is 5.43 Å². The maximum absolute atomic E-state index is 11.8. The monoisotopic (exact) mass is 296 g/mol. The molecule has 0 aromatic heterocycles. The second-order valence-corrected chi connectivity index (χ2v) is 5.20. The lowest BCUT2D eigenvalue weighted by Gasteiger charge is -2.03. The summed E-state index contributed by atoms with van der Waals surface area (Å²) < 4.78 is 0. The molecule has 2 N–H and O–H groups in total. The number of hydrogen-bond acceptors (Lipinski definition) is 3. The van der Waals surface area contributed by atoms with E-state index in [1.54, 1.807) is 12.1 Å². The Hall–Kier alpha value is -2.62. The molecule has 4 nitrogen and oxygen atoms in total. The molecule has 0 spiro atoms. The van der Waals surface area contributed by atoms with Crippen LogP contribution in [0.5, 0.6) is 5.75 Å². The van der Waals surface area contributed by atoms with Crippen molar-refractivity contribution in [1.29, 1.82) is 0 Å². The molecule has 0 saturated heterocycles. The van der Waals surface area contributed by atoms with Gasteiger partial charge in [-0.3, -0.25) is 4.79 Å². The molecule has 2 aromatic carbocycles. The summed E-state index contributed by atoms with van der Waals surface area (Å²) in [6.45, 7) is 4.02. The maximum Gasteiger partial charge on any atom is 0.244 e. The first-order valence-corrected chi connectivity index (χ1v) is 7.28. The van der Waals surface area contributed by atoms with Crippen LogP contribution >= 0.6 is 0 Å². The number of aromatic hydroxyl groups is 1. The zero-order chi connectivity index (χ0) is 15.9. The number of phenols is 1. The second-order valence-electron chi connectivity index (χ2n) is 5.20. The Labute approximate surface area is 130 Å². The van der Waals surface area contributed by atoms with E-state index in [-0.39, 0.29) is 18.1 Å². The zero-order valence-corrected chi connectivity index (χ0v) is 12.8. The van der Waals surface area contributed by atoms with Crippen LogP contribution in [0.4, 0.5) is 0 Å². The van der Waals surface area contributed by atoms with Crippen molar-refractivity contribution >= 4 is 12.1 Å². The Balaban J connectivity index is 1.91. The van der Waals surface area contributed by atoms with Gasteiger partial charge in [0.1, 0.15) is 5.75 Å². The fraction of sp³-hybridized carbons (Fsp3) is 0.222. The highest BCUT2D eigenvalue weighted by Crippen LogP contribution is 2.15. The second kappa shape index (κ2) is 7.41. The summed E-state index contributed by atoms with van der Waals surface area (Å²) in [6.07, 6.45) is 2.71. The van der Waals surface area contributed by atoms with Crippen molar-refractivity contribution in [3.63, 3.8) is 0 Å². The van der Waals surface area contributed by atoms with E-state index in [0.717, 1.165) is 17.5 Å². The molecule has 0 bridgehead atoms. The van der Waals surface area contributed by atoms with Crippen LogP contribution in [0.25, 0.3) is 0 Å². The van der Waals surface area contributed by atoms with Crippen LogP contribution in [-0.2, 0) is 17.6 Å². The highest BCUT2D eigenvalue weighted by Gasteiger charge is 2.02. The number of hydrazone groups is 1. The first-order valence-electron chi connectivity index (χ1n) is 7.28. The van der Waals surface area contributed by atoms with Crippen molar-refractivity contribution in [2.24, 2.45) is 5.10 Å². The molecular formula is C18H20N2O2. The molecule has 2 rings (SSSR count). The Bertz CT molecular complexity index is 676. The van der Waals surface area contributed by atoms with E-state index in [1.807, 2.05) is 37.3 Å². The number of nitrogens with one attached hydrogen (secondary N) is 1. The Morgan fingerprint density at radius 2 is 1.86 bits per heavy atom. The highest BCUT2D eigenvalue weighted by molar-refractivity contribution is 5.85. The lowest BCUT2D eigenvalue weighted by Crippen LogP contribution is -2.19. The lowest BCUT2D eigenvalue weighted by atomic mass is 10.1. The first kappa shape index (κ1) is 15.8. The molecule has 0 radical (unpaired) electrons. The van der Waals surface area contributed by atoms with E-state index >= 15 is 0 Å². The first-order chi connectivity index (χ1) is 10.6. The average Bonchev–Trinajstić information content (AvgIpc) is 2.51.